The maximum absolute atomic E-state index is 13.9. The predicted molar refractivity (Wildman–Crippen MR) is 74.3 cm³/mol. The second-order valence-electron chi connectivity index (χ2n) is 4.61. The lowest BCUT2D eigenvalue weighted by molar-refractivity contribution is 0.0232. The fraction of sp³-hybridized carbons (Fsp3) is 0.462. The van der Waals surface area contributed by atoms with Gasteiger partial charge in [0.15, 0.2) is 0 Å². The lowest BCUT2D eigenvalue weighted by Crippen LogP contribution is -2.32. The zero-order valence-electron chi connectivity index (χ0n) is 10.3. The number of nitrogens with two attached hydrogens (primary N) is 1. The molecule has 0 amide bonds. The van der Waals surface area contributed by atoms with E-state index in [9.17, 15) is 4.39 Å². The Bertz CT molecular complexity index is 453. The fourth-order valence-electron chi connectivity index (χ4n) is 2.13. The van der Waals surface area contributed by atoms with Gasteiger partial charge in [-0.25, -0.2) is 4.39 Å². The molecule has 1 saturated heterocycles. The molecular formula is C13H17FN2OS. The number of anilines is 1. The highest BCUT2D eigenvalue weighted by Crippen LogP contribution is 2.21. The molecule has 1 aliphatic heterocycles. The largest absolute Gasteiger partial charge is 0.389 e. The fourth-order valence-corrected chi connectivity index (χ4v) is 2.26. The van der Waals surface area contributed by atoms with E-state index in [1.165, 1.54) is 6.07 Å². The summed E-state index contributed by atoms with van der Waals surface area (Å²) < 4.78 is 19.3. The Hall–Kier alpha value is -1.20. The van der Waals surface area contributed by atoms with Crippen LogP contribution in [0.1, 0.15) is 25.3 Å². The second-order valence-corrected chi connectivity index (χ2v) is 5.05. The summed E-state index contributed by atoms with van der Waals surface area (Å²) in [4.78, 5) is 0.208. The van der Waals surface area contributed by atoms with Crippen molar-refractivity contribution in [1.82, 2.24) is 0 Å². The van der Waals surface area contributed by atoms with E-state index in [2.05, 4.69) is 5.32 Å². The van der Waals surface area contributed by atoms with Crippen molar-refractivity contribution in [3.05, 3.63) is 29.6 Å². The third-order valence-corrected chi connectivity index (χ3v) is 3.33. The monoisotopic (exact) mass is 268 g/mol. The number of nitrogens with one attached hydrogen (secondary N) is 1. The average Bonchev–Trinajstić information content (AvgIpc) is 2.31. The maximum atomic E-state index is 13.9. The second kappa shape index (κ2) is 5.63. The van der Waals surface area contributed by atoms with Crippen molar-refractivity contribution in [2.45, 2.75) is 31.9 Å². The van der Waals surface area contributed by atoms with Gasteiger partial charge >= 0.3 is 0 Å². The van der Waals surface area contributed by atoms with Gasteiger partial charge in [-0.3, -0.25) is 0 Å². The summed E-state index contributed by atoms with van der Waals surface area (Å²) in [7, 11) is 0. The summed E-state index contributed by atoms with van der Waals surface area (Å²) in [5.41, 5.74) is 6.51. The highest BCUT2D eigenvalue weighted by molar-refractivity contribution is 7.80. The highest BCUT2D eigenvalue weighted by atomic mass is 32.1. The first-order valence-corrected chi connectivity index (χ1v) is 6.44. The molecule has 18 heavy (non-hydrogen) atoms. The van der Waals surface area contributed by atoms with Crippen molar-refractivity contribution < 1.29 is 9.13 Å². The molecule has 0 aliphatic carbocycles. The van der Waals surface area contributed by atoms with Gasteiger partial charge in [0, 0.05) is 18.2 Å². The van der Waals surface area contributed by atoms with Crippen LogP contribution in [0.3, 0.4) is 0 Å². The molecule has 2 rings (SSSR count). The van der Waals surface area contributed by atoms with E-state index in [0.717, 1.165) is 12.8 Å². The van der Waals surface area contributed by atoms with Crippen LogP contribution in [0.25, 0.3) is 0 Å². The SMILES string of the molecule is CC1CC(Nc2ccc(C(N)=S)cc2F)CCO1. The molecular weight excluding hydrogens is 251 g/mol. The van der Waals surface area contributed by atoms with Gasteiger partial charge in [-0.1, -0.05) is 12.2 Å². The van der Waals surface area contributed by atoms with E-state index in [4.69, 9.17) is 22.7 Å². The van der Waals surface area contributed by atoms with Gasteiger partial charge < -0.3 is 15.8 Å². The lowest BCUT2D eigenvalue weighted by Gasteiger charge is -2.28. The van der Waals surface area contributed by atoms with E-state index in [1.54, 1.807) is 12.1 Å². The number of hydrogen-bond acceptors (Lipinski definition) is 3. The Labute approximate surface area is 112 Å². The maximum Gasteiger partial charge on any atom is 0.146 e. The Morgan fingerprint density at radius 1 is 1.56 bits per heavy atom. The first-order valence-electron chi connectivity index (χ1n) is 6.03. The topological polar surface area (TPSA) is 47.3 Å². The van der Waals surface area contributed by atoms with Gasteiger partial charge in [0.2, 0.25) is 0 Å². The molecule has 0 spiro atoms. The van der Waals surface area contributed by atoms with Gasteiger partial charge in [-0.05, 0) is 38.0 Å². The van der Waals surface area contributed by atoms with Crippen LogP contribution in [0, 0.1) is 5.82 Å². The summed E-state index contributed by atoms with van der Waals surface area (Å²) in [6, 6.07) is 5.03. The lowest BCUT2D eigenvalue weighted by atomic mass is 10.0. The Morgan fingerprint density at radius 2 is 2.33 bits per heavy atom. The van der Waals surface area contributed by atoms with E-state index in [1.807, 2.05) is 6.92 Å². The third kappa shape index (κ3) is 3.17. The standard InChI is InChI=1S/C13H17FN2OS/c1-8-6-10(4-5-17-8)16-12-3-2-9(13(15)18)7-11(12)14/h2-3,7-8,10,16H,4-6H2,1H3,(H2,15,18). The van der Waals surface area contributed by atoms with Crippen LogP contribution < -0.4 is 11.1 Å². The number of ether oxygens (including phenoxy) is 1. The van der Waals surface area contributed by atoms with Crippen LogP contribution in [0.15, 0.2) is 18.2 Å². The normalized spacial score (nSPS) is 23.7. The Kier molecular flexibility index (Phi) is 4.14. The van der Waals surface area contributed by atoms with E-state index in [-0.39, 0.29) is 23.0 Å². The number of rotatable bonds is 3. The highest BCUT2D eigenvalue weighted by Gasteiger charge is 2.20. The molecule has 1 heterocycles. The molecule has 2 unspecified atom stereocenters. The van der Waals surface area contributed by atoms with E-state index < -0.39 is 0 Å². The molecule has 0 aromatic heterocycles. The van der Waals surface area contributed by atoms with Gasteiger partial charge in [-0.2, -0.15) is 0 Å². The number of benzene rings is 1. The number of thiocarbonyl (C=S) groups is 1. The van der Waals surface area contributed by atoms with Crippen molar-refractivity contribution in [3.8, 4) is 0 Å². The van der Waals surface area contributed by atoms with Gasteiger partial charge in [0.1, 0.15) is 10.8 Å². The first kappa shape index (κ1) is 13.2. The van der Waals surface area contributed by atoms with Crippen molar-refractivity contribution >= 4 is 22.9 Å². The van der Waals surface area contributed by atoms with Crippen LogP contribution in [0.5, 0.6) is 0 Å². The first-order chi connectivity index (χ1) is 8.56. The molecule has 3 N–H and O–H groups in total. The minimum Gasteiger partial charge on any atom is -0.389 e. The van der Waals surface area contributed by atoms with E-state index >= 15 is 0 Å². The molecule has 1 aromatic carbocycles. The predicted octanol–water partition coefficient (Wildman–Crippen LogP) is 2.44. The smallest absolute Gasteiger partial charge is 0.146 e. The summed E-state index contributed by atoms with van der Waals surface area (Å²) in [5, 5.41) is 3.21. The summed E-state index contributed by atoms with van der Waals surface area (Å²) in [5.74, 6) is -0.320. The van der Waals surface area contributed by atoms with Gasteiger partial charge in [0.25, 0.3) is 0 Å². The number of halogens is 1. The van der Waals surface area contributed by atoms with Crippen LogP contribution in [-0.2, 0) is 4.74 Å². The molecule has 98 valence electrons. The van der Waals surface area contributed by atoms with E-state index in [0.29, 0.717) is 17.9 Å². The Balaban J connectivity index is 2.07. The third-order valence-electron chi connectivity index (χ3n) is 3.10. The Morgan fingerprint density at radius 3 is 2.94 bits per heavy atom. The van der Waals surface area contributed by atoms with Crippen molar-refractivity contribution in [1.29, 1.82) is 0 Å². The molecule has 1 aliphatic rings. The van der Waals surface area contributed by atoms with Gasteiger partial charge in [-0.15, -0.1) is 0 Å². The molecule has 0 bridgehead atoms. The minimum absolute atomic E-state index is 0.208. The van der Waals surface area contributed by atoms with Crippen LogP contribution in [-0.4, -0.2) is 23.7 Å². The molecule has 1 aromatic rings. The molecule has 0 saturated carbocycles. The van der Waals surface area contributed by atoms with Crippen molar-refractivity contribution in [3.63, 3.8) is 0 Å². The van der Waals surface area contributed by atoms with Gasteiger partial charge in [0.05, 0.1) is 11.8 Å². The van der Waals surface area contributed by atoms with Crippen LogP contribution in [0.2, 0.25) is 0 Å². The van der Waals surface area contributed by atoms with Crippen LogP contribution in [0.4, 0.5) is 10.1 Å². The van der Waals surface area contributed by atoms with Crippen LogP contribution >= 0.6 is 12.2 Å². The quantitative estimate of drug-likeness (QED) is 0.827. The average molecular weight is 268 g/mol. The molecule has 2 atom stereocenters. The number of hydrogen-bond donors (Lipinski definition) is 2. The zero-order valence-corrected chi connectivity index (χ0v) is 11.1. The zero-order chi connectivity index (χ0) is 13.1. The molecule has 5 heteroatoms. The summed E-state index contributed by atoms with van der Waals surface area (Å²) in [6.07, 6.45) is 1.99. The van der Waals surface area contributed by atoms with Crippen molar-refractivity contribution in [2.75, 3.05) is 11.9 Å². The minimum atomic E-state index is -0.320. The summed E-state index contributed by atoms with van der Waals surface area (Å²) in [6.45, 7) is 2.74. The van der Waals surface area contributed by atoms with Crippen molar-refractivity contribution in [2.24, 2.45) is 5.73 Å². The molecule has 1 fully saturated rings. The summed E-state index contributed by atoms with van der Waals surface area (Å²) >= 11 is 4.82. The molecule has 0 radical (unpaired) electrons. The molecule has 3 nitrogen and oxygen atoms in total.